The van der Waals surface area contributed by atoms with E-state index in [0.717, 1.165) is 37.4 Å². The molecule has 0 amide bonds. The third-order valence-electron chi connectivity index (χ3n) is 4.13. The number of carbonyl (C=O) groups is 1. The maximum Gasteiger partial charge on any atom is 0.408 e. The minimum Gasteiger partial charge on any atom is -0.481 e. The first-order chi connectivity index (χ1) is 11.7. The molecule has 1 aromatic heterocycles. The van der Waals surface area contributed by atoms with Gasteiger partial charge in [-0.2, -0.15) is 18.3 Å². The molecular formula is C15H23F3N4O3. The molecule has 3 rings (SSSR count). The molecule has 142 valence electrons. The molecule has 1 aromatic rings. The summed E-state index contributed by atoms with van der Waals surface area (Å²) in [5.41, 5.74) is 0. The van der Waals surface area contributed by atoms with Gasteiger partial charge in [0.05, 0.1) is 12.7 Å². The smallest absolute Gasteiger partial charge is 0.408 e. The fraction of sp³-hybridized carbons (Fsp3) is 0.800. The van der Waals surface area contributed by atoms with Crippen molar-refractivity contribution >= 4 is 5.97 Å². The van der Waals surface area contributed by atoms with Crippen molar-refractivity contribution in [1.29, 1.82) is 0 Å². The first-order valence-corrected chi connectivity index (χ1v) is 8.18. The van der Waals surface area contributed by atoms with Gasteiger partial charge < -0.3 is 15.2 Å². The maximum atomic E-state index is 12.6. The standard InChI is InChI=1S/C13H19F3N4O.C2H4O2/c1-8-18-12(20(19-8)7-13(14,15)16)9-2-3-11-10(6-9)17-4-5-21-11;1-2(3)4/h9-11,17H,2-7H2,1H3;1H3,(H,3,4)/t9-,10+,11+;/m0./s1. The first-order valence-electron chi connectivity index (χ1n) is 8.18. The molecule has 1 aliphatic carbocycles. The quantitative estimate of drug-likeness (QED) is 0.833. The fourth-order valence-electron chi connectivity index (χ4n) is 3.31. The van der Waals surface area contributed by atoms with Gasteiger partial charge in [-0.25, -0.2) is 9.67 Å². The van der Waals surface area contributed by atoms with E-state index in [4.69, 9.17) is 14.6 Å². The van der Waals surface area contributed by atoms with Crippen molar-refractivity contribution in [2.75, 3.05) is 13.2 Å². The van der Waals surface area contributed by atoms with Gasteiger partial charge in [0.15, 0.2) is 0 Å². The Morgan fingerprint density at radius 2 is 2.12 bits per heavy atom. The molecule has 0 unspecified atom stereocenters. The third-order valence-corrected chi connectivity index (χ3v) is 4.13. The number of aromatic nitrogens is 3. The Labute approximate surface area is 143 Å². The molecule has 0 bridgehead atoms. The van der Waals surface area contributed by atoms with Crippen LogP contribution in [0.3, 0.4) is 0 Å². The van der Waals surface area contributed by atoms with Crippen LogP contribution in [0.2, 0.25) is 0 Å². The van der Waals surface area contributed by atoms with E-state index in [9.17, 15) is 13.2 Å². The molecule has 0 aromatic carbocycles. The largest absolute Gasteiger partial charge is 0.481 e. The van der Waals surface area contributed by atoms with Crippen molar-refractivity contribution in [2.24, 2.45) is 0 Å². The monoisotopic (exact) mass is 364 g/mol. The maximum absolute atomic E-state index is 12.6. The predicted molar refractivity (Wildman–Crippen MR) is 82.2 cm³/mol. The summed E-state index contributed by atoms with van der Waals surface area (Å²) >= 11 is 0. The van der Waals surface area contributed by atoms with Gasteiger partial charge in [-0.1, -0.05) is 0 Å². The molecule has 2 N–H and O–H groups in total. The van der Waals surface area contributed by atoms with Crippen molar-refractivity contribution in [2.45, 2.75) is 63.9 Å². The minimum atomic E-state index is -4.28. The highest BCUT2D eigenvalue weighted by atomic mass is 19.4. The first kappa shape index (κ1) is 19.6. The van der Waals surface area contributed by atoms with Gasteiger partial charge in [-0.05, 0) is 26.2 Å². The van der Waals surface area contributed by atoms with Crippen LogP contribution in [0.25, 0.3) is 0 Å². The Kier molecular flexibility index (Phi) is 6.39. The number of nitrogens with zero attached hydrogens (tertiary/aromatic N) is 3. The van der Waals surface area contributed by atoms with Crippen LogP contribution in [0.1, 0.15) is 43.8 Å². The van der Waals surface area contributed by atoms with E-state index in [1.54, 1.807) is 6.92 Å². The third kappa shape index (κ3) is 5.96. The van der Waals surface area contributed by atoms with Gasteiger partial charge >= 0.3 is 6.18 Å². The Morgan fingerprint density at radius 3 is 2.76 bits per heavy atom. The molecule has 7 nitrogen and oxygen atoms in total. The summed E-state index contributed by atoms with van der Waals surface area (Å²) in [5, 5.41) is 14.7. The number of aliphatic carboxylic acids is 1. The van der Waals surface area contributed by atoms with Crippen molar-refractivity contribution in [3.8, 4) is 0 Å². The molecule has 1 saturated heterocycles. The number of hydrogen-bond acceptors (Lipinski definition) is 5. The molecule has 3 atom stereocenters. The second-order valence-electron chi connectivity index (χ2n) is 6.29. The van der Waals surface area contributed by atoms with Crippen LogP contribution >= 0.6 is 0 Å². The van der Waals surface area contributed by atoms with Crippen LogP contribution in [0.15, 0.2) is 0 Å². The Hall–Kier alpha value is -1.68. The summed E-state index contributed by atoms with van der Waals surface area (Å²) in [6, 6.07) is 0.203. The van der Waals surface area contributed by atoms with Gasteiger partial charge in [0.2, 0.25) is 0 Å². The van der Waals surface area contributed by atoms with E-state index in [2.05, 4.69) is 15.4 Å². The molecule has 10 heteroatoms. The van der Waals surface area contributed by atoms with Crippen LogP contribution in [-0.4, -0.2) is 57.3 Å². The van der Waals surface area contributed by atoms with E-state index in [-0.39, 0.29) is 18.1 Å². The summed E-state index contributed by atoms with van der Waals surface area (Å²) in [5.74, 6) is 0.0175. The molecule has 2 fully saturated rings. The number of alkyl halides is 3. The summed E-state index contributed by atoms with van der Waals surface area (Å²) in [4.78, 5) is 13.2. The molecule has 25 heavy (non-hydrogen) atoms. The minimum absolute atomic E-state index is 0.00370. The molecule has 1 aliphatic heterocycles. The lowest BCUT2D eigenvalue weighted by atomic mass is 9.82. The lowest BCUT2D eigenvalue weighted by Gasteiger charge is -2.39. The average Bonchev–Trinajstić information content (AvgIpc) is 2.84. The Balaban J connectivity index is 0.000000511. The van der Waals surface area contributed by atoms with Crippen LogP contribution < -0.4 is 5.32 Å². The van der Waals surface area contributed by atoms with Crippen molar-refractivity contribution in [3.63, 3.8) is 0 Å². The second-order valence-corrected chi connectivity index (χ2v) is 6.29. The molecule has 1 saturated carbocycles. The number of carboxylic acids is 1. The number of ether oxygens (including phenoxy) is 1. The number of aryl methyl sites for hydroxylation is 1. The van der Waals surface area contributed by atoms with Crippen LogP contribution in [0.5, 0.6) is 0 Å². The zero-order chi connectivity index (χ0) is 18.6. The number of nitrogens with one attached hydrogen (secondary N) is 1. The van der Waals surface area contributed by atoms with Gasteiger partial charge in [0.1, 0.15) is 18.2 Å². The van der Waals surface area contributed by atoms with E-state index >= 15 is 0 Å². The van der Waals surface area contributed by atoms with E-state index in [1.807, 2.05) is 0 Å². The van der Waals surface area contributed by atoms with Gasteiger partial charge in [-0.15, -0.1) is 0 Å². The van der Waals surface area contributed by atoms with E-state index in [1.165, 1.54) is 0 Å². The number of fused-ring (bicyclic) bond motifs is 1. The molecule has 2 heterocycles. The van der Waals surface area contributed by atoms with E-state index in [0.29, 0.717) is 18.3 Å². The van der Waals surface area contributed by atoms with Crippen LogP contribution in [0, 0.1) is 6.92 Å². The van der Waals surface area contributed by atoms with Gasteiger partial charge in [-0.3, -0.25) is 4.79 Å². The predicted octanol–water partition coefficient (Wildman–Crippen LogP) is 1.86. The van der Waals surface area contributed by atoms with E-state index < -0.39 is 18.7 Å². The SMILES string of the molecule is CC(=O)O.Cc1nc([C@H]2CC[C@H]3OCCN[C@@H]3C2)n(CC(F)(F)F)n1. The topological polar surface area (TPSA) is 89.3 Å². The normalized spacial score (nSPS) is 26.4. The highest BCUT2D eigenvalue weighted by Gasteiger charge is 2.37. The van der Waals surface area contributed by atoms with Crippen molar-refractivity contribution in [3.05, 3.63) is 11.6 Å². The Morgan fingerprint density at radius 1 is 1.44 bits per heavy atom. The number of morpholine rings is 1. The molecule has 0 radical (unpaired) electrons. The van der Waals surface area contributed by atoms with Crippen LogP contribution in [-0.2, 0) is 16.1 Å². The summed E-state index contributed by atoms with van der Waals surface area (Å²) in [7, 11) is 0. The Bertz CT molecular complexity index is 587. The summed E-state index contributed by atoms with van der Waals surface area (Å²) in [6.07, 6.45) is -1.71. The molecule has 0 spiro atoms. The van der Waals surface area contributed by atoms with Gasteiger partial charge in [0.25, 0.3) is 5.97 Å². The van der Waals surface area contributed by atoms with Crippen molar-refractivity contribution in [1.82, 2.24) is 20.1 Å². The van der Waals surface area contributed by atoms with Gasteiger partial charge in [0, 0.05) is 25.4 Å². The second kappa shape index (κ2) is 8.13. The highest BCUT2D eigenvalue weighted by molar-refractivity contribution is 5.62. The lowest BCUT2D eigenvalue weighted by Crippen LogP contribution is -2.51. The number of halogens is 3. The average molecular weight is 364 g/mol. The zero-order valence-corrected chi connectivity index (χ0v) is 14.2. The fourth-order valence-corrected chi connectivity index (χ4v) is 3.31. The number of rotatable bonds is 2. The number of carboxylic acid groups (broad SMARTS) is 1. The summed E-state index contributed by atoms with van der Waals surface area (Å²) < 4.78 is 44.7. The lowest BCUT2D eigenvalue weighted by molar-refractivity contribution is -0.143. The van der Waals surface area contributed by atoms with Crippen LogP contribution in [0.4, 0.5) is 13.2 Å². The van der Waals surface area contributed by atoms with Crippen molar-refractivity contribution < 1.29 is 27.8 Å². The molecule has 2 aliphatic rings. The summed E-state index contributed by atoms with van der Waals surface area (Å²) in [6.45, 7) is 3.14. The molecular weight excluding hydrogens is 341 g/mol. The zero-order valence-electron chi connectivity index (χ0n) is 14.2. The highest BCUT2D eigenvalue weighted by Crippen LogP contribution is 2.35. The number of hydrogen-bond donors (Lipinski definition) is 2.